The third kappa shape index (κ3) is 3.51. The highest BCUT2D eigenvalue weighted by molar-refractivity contribution is 5.99. The lowest BCUT2D eigenvalue weighted by atomic mass is 10.3. The molecule has 70 valence electrons. The van der Waals surface area contributed by atoms with Crippen LogP contribution in [-0.2, 0) is 0 Å². The Kier molecular flexibility index (Phi) is 5.34. The van der Waals surface area contributed by atoms with Crippen LogP contribution in [0.5, 0.6) is 0 Å². The molecule has 0 spiro atoms. The van der Waals surface area contributed by atoms with Crippen molar-refractivity contribution >= 4 is 11.7 Å². The van der Waals surface area contributed by atoms with Gasteiger partial charge < -0.3 is 5.32 Å². The molecule has 0 aromatic carbocycles. The Balaban J connectivity index is 0.000000561. The van der Waals surface area contributed by atoms with E-state index in [1.165, 1.54) is 0 Å². The van der Waals surface area contributed by atoms with Crippen LogP contribution in [-0.4, -0.2) is 17.8 Å². The average Bonchev–Trinajstić information content (AvgIpc) is 2.06. The van der Waals surface area contributed by atoms with E-state index in [0.29, 0.717) is 0 Å². The molecule has 1 N–H and O–H groups in total. The number of rotatable bonds is 1. The van der Waals surface area contributed by atoms with Crippen molar-refractivity contribution in [2.45, 2.75) is 47.2 Å². The number of nitrogens with one attached hydrogen (secondary N) is 1. The van der Waals surface area contributed by atoms with Crippen LogP contribution in [0.15, 0.2) is 9.98 Å². The second-order valence-electron chi connectivity index (χ2n) is 2.44. The fourth-order valence-electron chi connectivity index (χ4n) is 0.985. The van der Waals surface area contributed by atoms with E-state index in [2.05, 4.69) is 22.2 Å². The average molecular weight is 169 g/mol. The summed E-state index contributed by atoms with van der Waals surface area (Å²) in [5, 5.41) is 3.04. The van der Waals surface area contributed by atoms with Crippen molar-refractivity contribution in [1.82, 2.24) is 5.32 Å². The smallest absolute Gasteiger partial charge is 0.143 e. The van der Waals surface area contributed by atoms with Crippen molar-refractivity contribution in [3.63, 3.8) is 0 Å². The lowest BCUT2D eigenvalue weighted by molar-refractivity contribution is 0.670. The minimum atomic E-state index is 0.154. The number of hydrogen-bond donors (Lipinski definition) is 1. The van der Waals surface area contributed by atoms with Crippen molar-refractivity contribution in [3.8, 4) is 0 Å². The van der Waals surface area contributed by atoms with Gasteiger partial charge >= 0.3 is 0 Å². The summed E-state index contributed by atoms with van der Waals surface area (Å²) in [4.78, 5) is 8.54. The lowest BCUT2D eigenvalue weighted by Crippen LogP contribution is -2.32. The number of amidine groups is 2. The quantitative estimate of drug-likeness (QED) is 0.641. The summed E-state index contributed by atoms with van der Waals surface area (Å²) in [6.45, 7) is 10.0. The zero-order valence-corrected chi connectivity index (χ0v) is 8.68. The summed E-state index contributed by atoms with van der Waals surface area (Å²) < 4.78 is 0. The van der Waals surface area contributed by atoms with Crippen LogP contribution in [0.1, 0.15) is 41.0 Å². The van der Waals surface area contributed by atoms with Crippen LogP contribution in [0.4, 0.5) is 0 Å². The molecule has 0 saturated heterocycles. The summed E-state index contributed by atoms with van der Waals surface area (Å²) >= 11 is 0. The summed E-state index contributed by atoms with van der Waals surface area (Å²) in [7, 11) is 0. The Bertz CT molecular complexity index is 164. The zero-order chi connectivity index (χ0) is 9.56. The van der Waals surface area contributed by atoms with Gasteiger partial charge in [0.2, 0.25) is 0 Å². The number of aliphatic imine (C=N–C) groups is 2. The van der Waals surface area contributed by atoms with E-state index in [0.717, 1.165) is 18.1 Å². The second-order valence-corrected chi connectivity index (χ2v) is 2.44. The van der Waals surface area contributed by atoms with Crippen molar-refractivity contribution < 1.29 is 0 Å². The van der Waals surface area contributed by atoms with Gasteiger partial charge in [0.25, 0.3) is 0 Å². The lowest BCUT2D eigenvalue weighted by Gasteiger charge is -2.15. The number of hydrogen-bond acceptors (Lipinski definition) is 3. The Labute approximate surface area is 75.0 Å². The van der Waals surface area contributed by atoms with Gasteiger partial charge in [-0.25, -0.2) is 9.98 Å². The molecule has 1 heterocycles. The molecule has 0 bridgehead atoms. The normalized spacial score (nSPS) is 16.8. The minimum absolute atomic E-state index is 0.154. The van der Waals surface area contributed by atoms with Crippen LogP contribution in [0.25, 0.3) is 0 Å². The zero-order valence-electron chi connectivity index (χ0n) is 8.68. The van der Waals surface area contributed by atoms with Gasteiger partial charge in [0.05, 0.1) is 0 Å². The summed E-state index contributed by atoms with van der Waals surface area (Å²) in [6, 6.07) is 0. The highest BCUT2D eigenvalue weighted by Gasteiger charge is 2.07. The maximum absolute atomic E-state index is 4.27. The monoisotopic (exact) mass is 169 g/mol. The second kappa shape index (κ2) is 5.75. The van der Waals surface area contributed by atoms with Crippen LogP contribution < -0.4 is 5.32 Å². The SMILES string of the molecule is CC.CCC1N=C(C)NC(C)=N1. The van der Waals surface area contributed by atoms with E-state index in [1.807, 2.05) is 27.7 Å². The molecule has 3 heteroatoms. The first-order valence-corrected chi connectivity index (χ1v) is 4.58. The third-order valence-corrected chi connectivity index (χ3v) is 1.41. The largest absolute Gasteiger partial charge is 0.333 e. The van der Waals surface area contributed by atoms with Gasteiger partial charge in [-0.2, -0.15) is 0 Å². The standard InChI is InChI=1S/C7H13N3.C2H6/c1-4-7-9-5(2)8-6(3)10-7;1-2/h7H,4H2,1-3H3,(H,8,9,10);1-2H3. The summed E-state index contributed by atoms with van der Waals surface area (Å²) in [5.74, 6) is 1.94. The van der Waals surface area contributed by atoms with Gasteiger partial charge in [-0.1, -0.05) is 20.8 Å². The molecular weight excluding hydrogens is 150 g/mol. The van der Waals surface area contributed by atoms with E-state index in [9.17, 15) is 0 Å². The Hall–Kier alpha value is -0.860. The Morgan fingerprint density at radius 1 is 1.17 bits per heavy atom. The van der Waals surface area contributed by atoms with Crippen LogP contribution in [0.2, 0.25) is 0 Å². The Morgan fingerprint density at radius 2 is 1.58 bits per heavy atom. The third-order valence-electron chi connectivity index (χ3n) is 1.41. The molecule has 1 aliphatic heterocycles. The minimum Gasteiger partial charge on any atom is -0.333 e. The van der Waals surface area contributed by atoms with Crippen molar-refractivity contribution in [1.29, 1.82) is 0 Å². The molecule has 0 saturated carbocycles. The first kappa shape index (κ1) is 11.1. The van der Waals surface area contributed by atoms with E-state index in [-0.39, 0.29) is 6.17 Å². The maximum atomic E-state index is 4.27. The van der Waals surface area contributed by atoms with Gasteiger partial charge in [-0.3, -0.25) is 0 Å². The molecule has 0 amide bonds. The summed E-state index contributed by atoms with van der Waals surface area (Å²) in [5.41, 5.74) is 0. The van der Waals surface area contributed by atoms with Crippen LogP contribution in [0.3, 0.4) is 0 Å². The van der Waals surface area contributed by atoms with E-state index in [1.54, 1.807) is 0 Å². The molecule has 12 heavy (non-hydrogen) atoms. The molecule has 0 radical (unpaired) electrons. The van der Waals surface area contributed by atoms with Gasteiger partial charge in [-0.15, -0.1) is 0 Å². The van der Waals surface area contributed by atoms with E-state index < -0.39 is 0 Å². The topological polar surface area (TPSA) is 36.8 Å². The number of nitrogens with zero attached hydrogens (tertiary/aromatic N) is 2. The van der Waals surface area contributed by atoms with E-state index >= 15 is 0 Å². The van der Waals surface area contributed by atoms with Gasteiger partial charge in [0.15, 0.2) is 0 Å². The molecule has 0 aliphatic carbocycles. The molecule has 0 aromatic rings. The van der Waals surface area contributed by atoms with Crippen molar-refractivity contribution in [2.24, 2.45) is 9.98 Å². The predicted molar refractivity (Wildman–Crippen MR) is 54.8 cm³/mol. The first-order valence-electron chi connectivity index (χ1n) is 4.58. The fraction of sp³-hybridized carbons (Fsp3) is 0.778. The molecule has 1 aliphatic rings. The van der Waals surface area contributed by atoms with Crippen molar-refractivity contribution in [2.75, 3.05) is 0 Å². The molecule has 0 atom stereocenters. The van der Waals surface area contributed by atoms with E-state index in [4.69, 9.17) is 0 Å². The van der Waals surface area contributed by atoms with Crippen molar-refractivity contribution in [3.05, 3.63) is 0 Å². The van der Waals surface area contributed by atoms with Gasteiger partial charge in [0, 0.05) is 0 Å². The van der Waals surface area contributed by atoms with Gasteiger partial charge in [-0.05, 0) is 20.3 Å². The predicted octanol–water partition coefficient (Wildman–Crippen LogP) is 2.19. The summed E-state index contributed by atoms with van der Waals surface area (Å²) in [6.07, 6.45) is 1.14. The highest BCUT2D eigenvalue weighted by atomic mass is 15.2. The van der Waals surface area contributed by atoms with Crippen LogP contribution >= 0.6 is 0 Å². The van der Waals surface area contributed by atoms with Gasteiger partial charge in [0.1, 0.15) is 17.8 Å². The highest BCUT2D eigenvalue weighted by Crippen LogP contribution is 2.03. The maximum Gasteiger partial charge on any atom is 0.143 e. The fourth-order valence-corrected chi connectivity index (χ4v) is 0.985. The van der Waals surface area contributed by atoms with Crippen LogP contribution in [0, 0.1) is 0 Å². The molecule has 3 nitrogen and oxygen atoms in total. The first-order chi connectivity index (χ1) is 5.72. The molecule has 0 aromatic heterocycles. The molecule has 0 unspecified atom stereocenters. The molecular formula is C9H19N3. The molecule has 1 rings (SSSR count). The Morgan fingerprint density at radius 3 is 1.92 bits per heavy atom. The molecule has 0 fully saturated rings.